The molecule has 1 aromatic heterocycles. The Balaban J connectivity index is 1.26. The first-order chi connectivity index (χ1) is 22.5. The predicted octanol–water partition coefficient (Wildman–Crippen LogP) is 4.86. The maximum absolute atomic E-state index is 14.0. The topological polar surface area (TPSA) is 98.3 Å². The van der Waals surface area contributed by atoms with E-state index in [9.17, 15) is 18.0 Å². The minimum Gasteiger partial charge on any atom is -0.494 e. The van der Waals surface area contributed by atoms with Crippen LogP contribution in [0.2, 0.25) is 0 Å². The molecule has 0 bridgehead atoms. The Kier molecular flexibility index (Phi) is 11.2. The first-order valence-electron chi connectivity index (χ1n) is 15.4. The zero-order chi connectivity index (χ0) is 33.6. The molecule has 0 spiro atoms. The Morgan fingerprint density at radius 2 is 1.83 bits per heavy atom. The van der Waals surface area contributed by atoms with Crippen molar-refractivity contribution in [1.82, 2.24) is 19.8 Å². The van der Waals surface area contributed by atoms with Crippen molar-refractivity contribution in [1.29, 1.82) is 0 Å². The molecule has 254 valence electrons. The summed E-state index contributed by atoms with van der Waals surface area (Å²) in [6.45, 7) is 7.89. The number of aryl methyl sites for hydroxylation is 1. The second-order valence-corrected chi connectivity index (χ2v) is 12.3. The van der Waals surface area contributed by atoms with Crippen LogP contribution >= 0.6 is 11.9 Å². The number of anilines is 5. The van der Waals surface area contributed by atoms with Gasteiger partial charge in [-0.15, -0.1) is 0 Å². The summed E-state index contributed by atoms with van der Waals surface area (Å²) in [4.78, 5) is 27.1. The van der Waals surface area contributed by atoms with Crippen LogP contribution in [0.4, 0.5) is 42.0 Å². The number of carbonyl (C=O) groups is 1. The number of alkyl halides is 3. The van der Waals surface area contributed by atoms with Gasteiger partial charge in [0, 0.05) is 77.1 Å². The Hall–Kier alpha value is -3.95. The lowest BCUT2D eigenvalue weighted by Gasteiger charge is -2.37. The lowest BCUT2D eigenvalue weighted by Crippen LogP contribution is -2.51. The van der Waals surface area contributed by atoms with E-state index in [4.69, 9.17) is 9.47 Å². The smallest absolute Gasteiger partial charge is 0.421 e. The normalized spacial score (nSPS) is 15.8. The molecule has 2 N–H and O–H groups in total. The fourth-order valence-corrected chi connectivity index (χ4v) is 5.91. The predicted molar refractivity (Wildman–Crippen MR) is 180 cm³/mol. The summed E-state index contributed by atoms with van der Waals surface area (Å²) >= 11 is 1.51. The fourth-order valence-electron chi connectivity index (χ4n) is 5.55. The van der Waals surface area contributed by atoms with E-state index in [-0.39, 0.29) is 24.2 Å². The highest BCUT2D eigenvalue weighted by Gasteiger charge is 2.35. The van der Waals surface area contributed by atoms with E-state index >= 15 is 0 Å². The molecule has 0 atom stereocenters. The average molecular weight is 675 g/mol. The molecule has 3 heterocycles. The molecule has 0 unspecified atom stereocenters. The number of benzene rings is 2. The van der Waals surface area contributed by atoms with E-state index in [0.717, 1.165) is 54.9 Å². The van der Waals surface area contributed by atoms with Crippen LogP contribution < -0.4 is 24.6 Å². The lowest BCUT2D eigenvalue weighted by atomic mass is 10.1. The Labute approximate surface area is 277 Å². The molecule has 2 saturated heterocycles. The Bertz CT molecular complexity index is 1530. The zero-order valence-electron chi connectivity index (χ0n) is 27.1. The number of rotatable bonds is 11. The van der Waals surface area contributed by atoms with Crippen molar-refractivity contribution in [3.8, 4) is 5.75 Å². The maximum Gasteiger partial charge on any atom is 0.421 e. The number of nitrogens with zero attached hydrogens (tertiary/aromatic N) is 6. The van der Waals surface area contributed by atoms with Crippen LogP contribution in [0, 0.1) is 6.92 Å². The summed E-state index contributed by atoms with van der Waals surface area (Å²) in [5.41, 5.74) is 3.27. The minimum atomic E-state index is -4.65. The van der Waals surface area contributed by atoms with Crippen LogP contribution in [-0.4, -0.2) is 105 Å². The van der Waals surface area contributed by atoms with Gasteiger partial charge in [-0.25, -0.2) is 4.98 Å². The third-order valence-electron chi connectivity index (χ3n) is 8.29. The van der Waals surface area contributed by atoms with E-state index in [1.807, 2.05) is 59.8 Å². The molecule has 11 nitrogen and oxygen atoms in total. The van der Waals surface area contributed by atoms with Crippen molar-refractivity contribution >= 4 is 46.7 Å². The third kappa shape index (κ3) is 8.70. The highest BCUT2D eigenvalue weighted by molar-refractivity contribution is 7.99. The van der Waals surface area contributed by atoms with Crippen LogP contribution in [0.5, 0.6) is 5.75 Å². The average Bonchev–Trinajstić information content (AvgIpc) is 3.07. The molecular weight excluding hydrogens is 633 g/mol. The number of aromatic nitrogens is 2. The molecule has 2 aromatic carbocycles. The molecule has 3 aromatic rings. The van der Waals surface area contributed by atoms with Gasteiger partial charge in [0.15, 0.2) is 0 Å². The molecule has 15 heteroatoms. The molecule has 2 aliphatic heterocycles. The van der Waals surface area contributed by atoms with Crippen molar-refractivity contribution in [2.75, 3.05) is 99.3 Å². The maximum atomic E-state index is 14.0. The van der Waals surface area contributed by atoms with E-state index in [0.29, 0.717) is 44.3 Å². The van der Waals surface area contributed by atoms with Crippen LogP contribution in [-0.2, 0) is 22.3 Å². The van der Waals surface area contributed by atoms with Crippen molar-refractivity contribution < 1.29 is 27.4 Å². The number of methoxy groups -OCH3 is 1. The monoisotopic (exact) mass is 674 g/mol. The van der Waals surface area contributed by atoms with Crippen molar-refractivity contribution in [2.24, 2.45) is 0 Å². The van der Waals surface area contributed by atoms with E-state index in [2.05, 4.69) is 30.4 Å². The number of nitrogens with one attached hydrogen (secondary N) is 2. The lowest BCUT2D eigenvalue weighted by molar-refractivity contribution is -0.137. The van der Waals surface area contributed by atoms with Gasteiger partial charge in [0.2, 0.25) is 11.9 Å². The fraction of sp³-hybridized carbons (Fsp3) is 0.469. The van der Waals surface area contributed by atoms with Crippen LogP contribution in [0.15, 0.2) is 42.6 Å². The van der Waals surface area contributed by atoms with Crippen LogP contribution in [0.3, 0.4) is 0 Å². The number of halogens is 3. The van der Waals surface area contributed by atoms with Gasteiger partial charge in [-0.1, -0.05) is 24.1 Å². The summed E-state index contributed by atoms with van der Waals surface area (Å²) in [7, 11) is 3.44. The Morgan fingerprint density at radius 3 is 2.51 bits per heavy atom. The standard InChI is InChI=1S/C32H41F3N8O3S/c1-22-5-6-23(27(17-22)40(2)47-4)19-36-30-25(32(33,34)35)20-37-31(39-30)38-26-8-7-24(18-28(26)45-3)42-11-9-41(10-12-42)21-29(44)43-13-15-46-16-14-43/h5-8,17-18,20H,9-16,19,21H2,1-4H3,(H2,36,37,38,39). The highest BCUT2D eigenvalue weighted by atomic mass is 32.2. The number of piperazine rings is 1. The number of amides is 1. The summed E-state index contributed by atoms with van der Waals surface area (Å²) in [5.74, 6) is 0.296. The van der Waals surface area contributed by atoms with Gasteiger partial charge in [-0.05, 0) is 36.2 Å². The largest absolute Gasteiger partial charge is 0.494 e. The van der Waals surface area contributed by atoms with Gasteiger partial charge < -0.3 is 34.2 Å². The van der Waals surface area contributed by atoms with Gasteiger partial charge in [0.1, 0.15) is 17.1 Å². The van der Waals surface area contributed by atoms with Gasteiger partial charge >= 0.3 is 6.18 Å². The van der Waals surface area contributed by atoms with E-state index in [1.165, 1.54) is 19.1 Å². The molecule has 2 aliphatic rings. The van der Waals surface area contributed by atoms with Gasteiger partial charge in [-0.2, -0.15) is 18.2 Å². The summed E-state index contributed by atoms with van der Waals surface area (Å²) in [6.07, 6.45) is -1.93. The summed E-state index contributed by atoms with van der Waals surface area (Å²) in [5, 5.41) is 5.93. The SMILES string of the molecule is COc1cc(N2CCN(CC(=O)N3CCOCC3)CC2)ccc1Nc1ncc(C(F)(F)F)c(NCc2ccc(C)cc2N(C)SC)n1. The number of ether oxygens (including phenoxy) is 2. The number of morpholine rings is 1. The van der Waals surface area contributed by atoms with Crippen molar-refractivity contribution in [3.63, 3.8) is 0 Å². The van der Waals surface area contributed by atoms with Gasteiger partial charge in [0.05, 0.1) is 38.2 Å². The summed E-state index contributed by atoms with van der Waals surface area (Å²) < 4.78 is 54.8. The van der Waals surface area contributed by atoms with Crippen molar-refractivity contribution in [3.05, 3.63) is 59.3 Å². The minimum absolute atomic E-state index is 0.00420. The molecule has 1 amide bonds. The molecule has 2 fully saturated rings. The molecule has 0 aliphatic carbocycles. The first kappa shape index (κ1) is 34.4. The van der Waals surface area contributed by atoms with Gasteiger partial charge in [-0.3, -0.25) is 9.69 Å². The first-order valence-corrected chi connectivity index (χ1v) is 16.6. The van der Waals surface area contributed by atoms with Crippen molar-refractivity contribution in [2.45, 2.75) is 19.6 Å². The van der Waals surface area contributed by atoms with Crippen LogP contribution in [0.1, 0.15) is 16.7 Å². The number of hydrogen-bond acceptors (Lipinski definition) is 11. The van der Waals surface area contributed by atoms with E-state index in [1.54, 1.807) is 6.07 Å². The quantitative estimate of drug-likeness (QED) is 0.273. The van der Waals surface area contributed by atoms with Crippen LogP contribution in [0.25, 0.3) is 0 Å². The second kappa shape index (κ2) is 15.3. The number of carbonyl (C=O) groups excluding carboxylic acids is 1. The van der Waals surface area contributed by atoms with E-state index < -0.39 is 11.7 Å². The summed E-state index contributed by atoms with van der Waals surface area (Å²) in [6, 6.07) is 11.4. The third-order valence-corrected chi connectivity index (χ3v) is 9.03. The number of hydrogen-bond donors (Lipinski definition) is 2. The van der Waals surface area contributed by atoms with Gasteiger partial charge in [0.25, 0.3) is 0 Å². The zero-order valence-corrected chi connectivity index (χ0v) is 27.9. The molecule has 5 rings (SSSR count). The molecule has 0 radical (unpaired) electrons. The second-order valence-electron chi connectivity index (χ2n) is 11.4. The molecular formula is C32H41F3N8O3S. The molecule has 0 saturated carbocycles. The Morgan fingerprint density at radius 1 is 1.09 bits per heavy atom. The molecule has 47 heavy (non-hydrogen) atoms. The highest BCUT2D eigenvalue weighted by Crippen LogP contribution is 2.36.